The van der Waals surface area contributed by atoms with E-state index < -0.39 is 0 Å². The van der Waals surface area contributed by atoms with Crippen molar-refractivity contribution < 1.29 is 0 Å². The van der Waals surface area contributed by atoms with Crippen molar-refractivity contribution in [3.8, 4) is 0 Å². The van der Waals surface area contributed by atoms with Crippen molar-refractivity contribution >= 4 is 21.7 Å². The Hall–Kier alpha value is -1.62. The molecule has 1 heterocycles. The quantitative estimate of drug-likeness (QED) is 0.910. The molecule has 0 saturated heterocycles. The van der Waals surface area contributed by atoms with E-state index in [-0.39, 0.29) is 5.56 Å². The second-order valence-corrected chi connectivity index (χ2v) is 5.59. The number of hydrogen-bond acceptors (Lipinski definition) is 3. The first-order valence-electron chi connectivity index (χ1n) is 6.31. The van der Waals surface area contributed by atoms with Gasteiger partial charge in [0, 0.05) is 23.0 Å². The third kappa shape index (κ3) is 3.04. The zero-order valence-corrected chi connectivity index (χ0v) is 11.9. The molecule has 2 aromatic rings. The lowest BCUT2D eigenvalue weighted by molar-refractivity contribution is 0.903. The Labute approximate surface area is 119 Å². The maximum atomic E-state index is 11.6. The molecular weight excluding hydrogens is 306 g/mol. The lowest BCUT2D eigenvalue weighted by atomic mass is 10.2. The summed E-state index contributed by atoms with van der Waals surface area (Å²) in [5, 5.41) is 3.20. The van der Waals surface area contributed by atoms with Crippen LogP contribution in [0.25, 0.3) is 0 Å². The van der Waals surface area contributed by atoms with E-state index >= 15 is 0 Å². The van der Waals surface area contributed by atoms with E-state index in [0.29, 0.717) is 18.3 Å². The fraction of sp³-hybridized carbons (Fsp3) is 0.286. The highest BCUT2D eigenvalue weighted by atomic mass is 79.9. The van der Waals surface area contributed by atoms with Crippen molar-refractivity contribution in [2.75, 3.05) is 5.32 Å². The van der Waals surface area contributed by atoms with E-state index in [1.54, 1.807) is 0 Å². The second kappa shape index (κ2) is 5.17. The lowest BCUT2D eigenvalue weighted by Crippen LogP contribution is -2.13. The predicted octanol–water partition coefficient (Wildman–Crippen LogP) is 3.02. The SMILES string of the molecule is O=c1cc(NCc2ccccc2Br)nc(C2CC2)[nH]1. The first-order valence-corrected chi connectivity index (χ1v) is 7.10. The third-order valence-electron chi connectivity index (χ3n) is 3.14. The molecule has 19 heavy (non-hydrogen) atoms. The molecule has 1 fully saturated rings. The Kier molecular flexibility index (Phi) is 3.38. The van der Waals surface area contributed by atoms with Crippen molar-refractivity contribution in [2.24, 2.45) is 0 Å². The molecule has 0 aliphatic heterocycles. The number of anilines is 1. The minimum absolute atomic E-state index is 0.0912. The Morgan fingerprint density at radius 1 is 1.37 bits per heavy atom. The smallest absolute Gasteiger partial charge is 0.252 e. The Bertz CT molecular complexity index is 649. The number of halogens is 1. The van der Waals surface area contributed by atoms with Crippen molar-refractivity contribution in [1.29, 1.82) is 0 Å². The second-order valence-electron chi connectivity index (χ2n) is 4.74. The molecule has 3 rings (SSSR count). The molecule has 5 heteroatoms. The van der Waals surface area contributed by atoms with Gasteiger partial charge in [0.05, 0.1) is 0 Å². The van der Waals surface area contributed by atoms with Crippen LogP contribution in [0.15, 0.2) is 39.6 Å². The van der Waals surface area contributed by atoms with E-state index in [1.807, 2.05) is 24.3 Å². The van der Waals surface area contributed by atoms with E-state index in [2.05, 4.69) is 31.2 Å². The molecule has 98 valence electrons. The van der Waals surface area contributed by atoms with Crippen LogP contribution >= 0.6 is 15.9 Å². The minimum atomic E-state index is -0.0912. The Morgan fingerprint density at radius 2 is 2.16 bits per heavy atom. The van der Waals surface area contributed by atoms with Crippen LogP contribution in [0.5, 0.6) is 0 Å². The zero-order valence-electron chi connectivity index (χ0n) is 10.3. The van der Waals surface area contributed by atoms with E-state index in [1.165, 1.54) is 6.07 Å². The van der Waals surface area contributed by atoms with Crippen LogP contribution in [0.3, 0.4) is 0 Å². The molecule has 0 radical (unpaired) electrons. The van der Waals surface area contributed by atoms with Gasteiger partial charge in [-0.2, -0.15) is 0 Å². The molecular formula is C14H14BrN3O. The van der Waals surface area contributed by atoms with Gasteiger partial charge >= 0.3 is 0 Å². The summed E-state index contributed by atoms with van der Waals surface area (Å²) in [7, 11) is 0. The largest absolute Gasteiger partial charge is 0.366 e. The van der Waals surface area contributed by atoms with Crippen molar-refractivity contribution in [2.45, 2.75) is 25.3 Å². The number of rotatable bonds is 4. The van der Waals surface area contributed by atoms with Gasteiger partial charge in [-0.15, -0.1) is 0 Å². The average Bonchev–Trinajstić information content (AvgIpc) is 3.21. The van der Waals surface area contributed by atoms with Gasteiger partial charge in [0.2, 0.25) is 0 Å². The maximum absolute atomic E-state index is 11.6. The molecule has 4 nitrogen and oxygen atoms in total. The fourth-order valence-electron chi connectivity index (χ4n) is 1.94. The Balaban J connectivity index is 1.76. The molecule has 1 aliphatic rings. The highest BCUT2D eigenvalue weighted by Gasteiger charge is 2.26. The number of nitrogens with zero attached hydrogens (tertiary/aromatic N) is 1. The topological polar surface area (TPSA) is 57.8 Å². The van der Waals surface area contributed by atoms with E-state index in [0.717, 1.165) is 28.7 Å². The van der Waals surface area contributed by atoms with Gasteiger partial charge in [0.25, 0.3) is 5.56 Å². The summed E-state index contributed by atoms with van der Waals surface area (Å²) in [6, 6.07) is 9.50. The number of H-pyrrole nitrogens is 1. The van der Waals surface area contributed by atoms with E-state index in [4.69, 9.17) is 0 Å². The van der Waals surface area contributed by atoms with Crippen LogP contribution in [0.4, 0.5) is 5.82 Å². The molecule has 1 aromatic carbocycles. The highest BCUT2D eigenvalue weighted by Crippen LogP contribution is 2.37. The van der Waals surface area contributed by atoms with Gasteiger partial charge in [-0.25, -0.2) is 4.98 Å². The number of benzene rings is 1. The van der Waals surface area contributed by atoms with E-state index in [9.17, 15) is 4.79 Å². The van der Waals surface area contributed by atoms with Gasteiger partial charge < -0.3 is 10.3 Å². The number of aromatic amines is 1. The first-order chi connectivity index (χ1) is 9.22. The summed E-state index contributed by atoms with van der Waals surface area (Å²) in [4.78, 5) is 18.8. The van der Waals surface area contributed by atoms with Crippen LogP contribution in [0, 0.1) is 0 Å². The zero-order chi connectivity index (χ0) is 13.2. The van der Waals surface area contributed by atoms with Gasteiger partial charge in [0.15, 0.2) is 0 Å². The molecule has 1 aromatic heterocycles. The number of hydrogen-bond donors (Lipinski definition) is 2. The standard InChI is InChI=1S/C14H14BrN3O/c15-11-4-2-1-3-10(11)8-16-12-7-13(19)18-14(17-12)9-5-6-9/h1-4,7,9H,5-6,8H2,(H2,16,17,18,19). The summed E-state index contributed by atoms with van der Waals surface area (Å²) < 4.78 is 1.05. The Morgan fingerprint density at radius 3 is 2.89 bits per heavy atom. The molecule has 1 aliphatic carbocycles. The monoisotopic (exact) mass is 319 g/mol. The average molecular weight is 320 g/mol. The van der Waals surface area contributed by atoms with Crippen LogP contribution in [-0.2, 0) is 6.54 Å². The van der Waals surface area contributed by atoms with Crippen molar-refractivity contribution in [3.05, 3.63) is 56.5 Å². The molecule has 1 saturated carbocycles. The molecule has 0 unspecified atom stereocenters. The fourth-order valence-corrected chi connectivity index (χ4v) is 2.37. The van der Waals surface area contributed by atoms with Crippen molar-refractivity contribution in [1.82, 2.24) is 9.97 Å². The third-order valence-corrected chi connectivity index (χ3v) is 3.92. The number of nitrogens with one attached hydrogen (secondary N) is 2. The van der Waals surface area contributed by atoms with Crippen LogP contribution in [0.2, 0.25) is 0 Å². The van der Waals surface area contributed by atoms with Gasteiger partial charge in [-0.1, -0.05) is 34.1 Å². The summed E-state index contributed by atoms with van der Waals surface area (Å²) in [5.41, 5.74) is 1.05. The lowest BCUT2D eigenvalue weighted by Gasteiger charge is -2.08. The van der Waals surface area contributed by atoms with Gasteiger partial charge in [-0.05, 0) is 24.5 Å². The molecule has 0 amide bonds. The first kappa shape index (κ1) is 12.4. The summed E-state index contributed by atoms with van der Waals surface area (Å²) in [5.74, 6) is 1.89. The normalized spacial score (nSPS) is 14.4. The number of aromatic nitrogens is 2. The van der Waals surface area contributed by atoms with Crippen LogP contribution in [-0.4, -0.2) is 9.97 Å². The minimum Gasteiger partial charge on any atom is -0.366 e. The summed E-state index contributed by atoms with van der Waals surface area (Å²) >= 11 is 3.50. The maximum Gasteiger partial charge on any atom is 0.252 e. The molecule has 0 bridgehead atoms. The molecule has 2 N–H and O–H groups in total. The summed E-state index contributed by atoms with van der Waals surface area (Å²) in [6.45, 7) is 0.641. The molecule has 0 atom stereocenters. The highest BCUT2D eigenvalue weighted by molar-refractivity contribution is 9.10. The van der Waals surface area contributed by atoms with Gasteiger partial charge in [-0.3, -0.25) is 4.79 Å². The van der Waals surface area contributed by atoms with Crippen molar-refractivity contribution in [3.63, 3.8) is 0 Å². The van der Waals surface area contributed by atoms with Crippen LogP contribution < -0.4 is 10.9 Å². The van der Waals surface area contributed by atoms with Crippen LogP contribution in [0.1, 0.15) is 30.1 Å². The van der Waals surface area contributed by atoms with Gasteiger partial charge in [0.1, 0.15) is 11.6 Å². The predicted molar refractivity (Wildman–Crippen MR) is 78.3 cm³/mol. The molecule has 0 spiro atoms. The summed E-state index contributed by atoms with van der Waals surface area (Å²) in [6.07, 6.45) is 2.24.